The first-order valence-electron chi connectivity index (χ1n) is 8.99. The van der Waals surface area contributed by atoms with Crippen LogP contribution in [0.5, 0.6) is 5.75 Å². The molecular formula is C21H26ClNO2. The molecule has 2 rings (SSSR count). The van der Waals surface area contributed by atoms with Crippen molar-refractivity contribution in [3.05, 3.63) is 59.1 Å². The number of benzene rings is 2. The Morgan fingerprint density at radius 2 is 1.56 bits per heavy atom. The van der Waals surface area contributed by atoms with Crippen LogP contribution in [-0.2, 0) is 0 Å². The maximum Gasteiger partial charge on any atom is 0.255 e. The van der Waals surface area contributed by atoms with Gasteiger partial charge in [-0.05, 0) is 55.0 Å². The van der Waals surface area contributed by atoms with Gasteiger partial charge in [-0.15, -0.1) is 0 Å². The van der Waals surface area contributed by atoms with Crippen molar-refractivity contribution in [3.63, 3.8) is 0 Å². The summed E-state index contributed by atoms with van der Waals surface area (Å²) in [7, 11) is 0. The van der Waals surface area contributed by atoms with E-state index in [1.165, 1.54) is 32.1 Å². The van der Waals surface area contributed by atoms with Gasteiger partial charge >= 0.3 is 0 Å². The van der Waals surface area contributed by atoms with Crippen LogP contribution in [0.2, 0.25) is 5.02 Å². The van der Waals surface area contributed by atoms with Crippen LogP contribution in [0.3, 0.4) is 0 Å². The van der Waals surface area contributed by atoms with Crippen molar-refractivity contribution < 1.29 is 9.53 Å². The average molecular weight is 360 g/mol. The SMILES string of the molecule is CCCCCCCCOc1ccc(C(=O)Nc2ccc(Cl)cc2)cc1. The Balaban J connectivity index is 1.73. The monoisotopic (exact) mass is 359 g/mol. The molecule has 0 saturated heterocycles. The Morgan fingerprint density at radius 1 is 0.920 bits per heavy atom. The van der Waals surface area contributed by atoms with Crippen LogP contribution in [0.15, 0.2) is 48.5 Å². The molecule has 2 aromatic carbocycles. The van der Waals surface area contributed by atoms with Gasteiger partial charge in [0.2, 0.25) is 0 Å². The Morgan fingerprint density at radius 3 is 2.24 bits per heavy atom. The number of halogens is 1. The van der Waals surface area contributed by atoms with Crippen LogP contribution in [0.1, 0.15) is 55.8 Å². The Kier molecular flexibility index (Phi) is 8.33. The number of rotatable bonds is 10. The van der Waals surface area contributed by atoms with E-state index in [1.54, 1.807) is 36.4 Å². The average Bonchev–Trinajstić information content (AvgIpc) is 2.63. The zero-order valence-corrected chi connectivity index (χ0v) is 15.5. The van der Waals surface area contributed by atoms with Crippen LogP contribution in [0.4, 0.5) is 5.69 Å². The third kappa shape index (κ3) is 7.18. The minimum Gasteiger partial charge on any atom is -0.494 e. The van der Waals surface area contributed by atoms with E-state index in [-0.39, 0.29) is 5.91 Å². The summed E-state index contributed by atoms with van der Waals surface area (Å²) in [5, 5.41) is 3.49. The van der Waals surface area contributed by atoms with Crippen molar-refractivity contribution in [2.45, 2.75) is 45.4 Å². The molecule has 134 valence electrons. The molecule has 0 radical (unpaired) electrons. The van der Waals surface area contributed by atoms with Gasteiger partial charge in [-0.25, -0.2) is 0 Å². The van der Waals surface area contributed by atoms with Gasteiger partial charge in [0.25, 0.3) is 5.91 Å². The Hall–Kier alpha value is -2.00. The minimum atomic E-state index is -0.148. The second-order valence-corrected chi connectivity index (χ2v) is 6.54. The predicted molar refractivity (Wildman–Crippen MR) is 105 cm³/mol. The zero-order valence-electron chi connectivity index (χ0n) is 14.8. The van der Waals surface area contributed by atoms with Gasteiger partial charge in [0.1, 0.15) is 5.75 Å². The quantitative estimate of drug-likeness (QED) is 0.503. The van der Waals surface area contributed by atoms with Gasteiger partial charge in [-0.3, -0.25) is 4.79 Å². The van der Waals surface area contributed by atoms with Crippen molar-refractivity contribution >= 4 is 23.2 Å². The lowest BCUT2D eigenvalue weighted by Crippen LogP contribution is -2.11. The number of ether oxygens (including phenoxy) is 1. The molecule has 0 heterocycles. The molecule has 2 aromatic rings. The van der Waals surface area contributed by atoms with Crippen molar-refractivity contribution in [1.82, 2.24) is 0 Å². The standard InChI is InChI=1S/C21H26ClNO2/c1-2-3-4-5-6-7-16-25-20-14-8-17(9-15-20)21(24)23-19-12-10-18(22)11-13-19/h8-15H,2-7,16H2,1H3,(H,23,24). The maximum atomic E-state index is 12.2. The van der Waals surface area contributed by atoms with E-state index in [4.69, 9.17) is 16.3 Å². The number of anilines is 1. The smallest absolute Gasteiger partial charge is 0.255 e. The highest BCUT2D eigenvalue weighted by atomic mass is 35.5. The molecular weight excluding hydrogens is 334 g/mol. The van der Waals surface area contributed by atoms with Crippen molar-refractivity contribution in [3.8, 4) is 5.75 Å². The molecule has 0 saturated carbocycles. The molecule has 0 bridgehead atoms. The second kappa shape index (κ2) is 10.8. The summed E-state index contributed by atoms with van der Waals surface area (Å²) in [4.78, 5) is 12.2. The van der Waals surface area contributed by atoms with Gasteiger partial charge in [-0.1, -0.05) is 50.6 Å². The molecule has 0 fully saturated rings. The van der Waals surface area contributed by atoms with Crippen LogP contribution in [0, 0.1) is 0 Å². The lowest BCUT2D eigenvalue weighted by molar-refractivity contribution is 0.102. The number of hydrogen-bond donors (Lipinski definition) is 1. The van der Waals surface area contributed by atoms with Crippen LogP contribution in [-0.4, -0.2) is 12.5 Å². The normalized spacial score (nSPS) is 10.5. The fourth-order valence-electron chi connectivity index (χ4n) is 2.51. The molecule has 0 atom stereocenters. The van der Waals surface area contributed by atoms with E-state index in [9.17, 15) is 4.79 Å². The van der Waals surface area contributed by atoms with Crippen LogP contribution < -0.4 is 10.1 Å². The topological polar surface area (TPSA) is 38.3 Å². The van der Waals surface area contributed by atoms with Crippen molar-refractivity contribution in [2.75, 3.05) is 11.9 Å². The molecule has 3 nitrogen and oxygen atoms in total. The van der Waals surface area contributed by atoms with Gasteiger partial charge in [0.05, 0.1) is 6.61 Å². The largest absolute Gasteiger partial charge is 0.494 e. The van der Waals surface area contributed by atoms with Crippen LogP contribution >= 0.6 is 11.6 Å². The number of carbonyl (C=O) groups is 1. The van der Waals surface area contributed by atoms with Gasteiger partial charge in [0, 0.05) is 16.3 Å². The molecule has 0 spiro atoms. The lowest BCUT2D eigenvalue weighted by Gasteiger charge is -2.08. The summed E-state index contributed by atoms with van der Waals surface area (Å²) >= 11 is 5.84. The van der Waals surface area contributed by atoms with Gasteiger partial charge in [0.15, 0.2) is 0 Å². The highest BCUT2D eigenvalue weighted by Crippen LogP contribution is 2.17. The number of unbranched alkanes of at least 4 members (excludes halogenated alkanes) is 5. The first kappa shape index (κ1) is 19.3. The van der Waals surface area contributed by atoms with E-state index in [0.29, 0.717) is 10.6 Å². The number of amides is 1. The Labute approximate surface area is 155 Å². The number of hydrogen-bond acceptors (Lipinski definition) is 2. The summed E-state index contributed by atoms with van der Waals surface area (Å²) in [5.74, 6) is 0.654. The summed E-state index contributed by atoms with van der Waals surface area (Å²) in [5.41, 5.74) is 1.32. The number of carbonyl (C=O) groups excluding carboxylic acids is 1. The van der Waals surface area contributed by atoms with Gasteiger partial charge in [-0.2, -0.15) is 0 Å². The van der Waals surface area contributed by atoms with Crippen molar-refractivity contribution in [1.29, 1.82) is 0 Å². The molecule has 0 unspecified atom stereocenters. The molecule has 25 heavy (non-hydrogen) atoms. The molecule has 1 amide bonds. The summed E-state index contributed by atoms with van der Waals surface area (Å²) in [6.07, 6.45) is 7.47. The van der Waals surface area contributed by atoms with E-state index in [0.717, 1.165) is 24.5 Å². The van der Waals surface area contributed by atoms with E-state index in [1.807, 2.05) is 12.1 Å². The van der Waals surface area contributed by atoms with Crippen molar-refractivity contribution in [2.24, 2.45) is 0 Å². The fraction of sp³-hybridized carbons (Fsp3) is 0.381. The molecule has 1 N–H and O–H groups in total. The zero-order chi connectivity index (χ0) is 17.9. The Bertz CT molecular complexity index is 638. The summed E-state index contributed by atoms with van der Waals surface area (Å²) in [6, 6.07) is 14.3. The summed E-state index contributed by atoms with van der Waals surface area (Å²) < 4.78 is 5.73. The molecule has 0 aliphatic rings. The maximum absolute atomic E-state index is 12.2. The van der Waals surface area contributed by atoms with E-state index in [2.05, 4.69) is 12.2 Å². The highest BCUT2D eigenvalue weighted by Gasteiger charge is 2.06. The first-order valence-corrected chi connectivity index (χ1v) is 9.36. The van der Waals surface area contributed by atoms with Crippen LogP contribution in [0.25, 0.3) is 0 Å². The molecule has 0 aromatic heterocycles. The number of nitrogens with one attached hydrogen (secondary N) is 1. The van der Waals surface area contributed by atoms with E-state index < -0.39 is 0 Å². The molecule has 4 heteroatoms. The summed E-state index contributed by atoms with van der Waals surface area (Å²) in [6.45, 7) is 2.95. The molecule has 0 aliphatic heterocycles. The predicted octanol–water partition coefficient (Wildman–Crippen LogP) is 6.33. The lowest BCUT2D eigenvalue weighted by atomic mass is 10.1. The minimum absolute atomic E-state index is 0.148. The third-order valence-corrected chi connectivity index (χ3v) is 4.24. The third-order valence-electron chi connectivity index (χ3n) is 3.99. The second-order valence-electron chi connectivity index (χ2n) is 6.10. The fourth-order valence-corrected chi connectivity index (χ4v) is 2.64. The highest BCUT2D eigenvalue weighted by molar-refractivity contribution is 6.30. The molecule has 0 aliphatic carbocycles. The van der Waals surface area contributed by atoms with E-state index >= 15 is 0 Å². The first-order chi connectivity index (χ1) is 12.2. The van der Waals surface area contributed by atoms with Gasteiger partial charge < -0.3 is 10.1 Å².